The molecule has 1 heterocycles. The number of aromatic nitrogens is 2. The van der Waals surface area contributed by atoms with Crippen molar-refractivity contribution in [3.8, 4) is 0 Å². The summed E-state index contributed by atoms with van der Waals surface area (Å²) in [5.74, 6) is 0. The predicted octanol–water partition coefficient (Wildman–Crippen LogP) is 2.17. The van der Waals surface area contributed by atoms with Crippen molar-refractivity contribution in [1.29, 1.82) is 0 Å². The highest BCUT2D eigenvalue weighted by molar-refractivity contribution is 5.02. The molecule has 0 bridgehead atoms. The SMILES string of the molecule is C=CCC(Cc1ccn(C(C)C)n1)NC. The molecule has 1 rings (SSSR count). The molecule has 0 spiro atoms. The van der Waals surface area contributed by atoms with E-state index in [-0.39, 0.29) is 0 Å². The molecule has 0 aliphatic heterocycles. The maximum atomic E-state index is 4.52. The van der Waals surface area contributed by atoms with E-state index in [0.717, 1.165) is 18.5 Å². The molecule has 84 valence electrons. The average Bonchev–Trinajstić information content (AvgIpc) is 2.65. The van der Waals surface area contributed by atoms with Crippen molar-refractivity contribution in [2.24, 2.45) is 0 Å². The second kappa shape index (κ2) is 5.71. The first-order valence-corrected chi connectivity index (χ1v) is 5.49. The molecule has 15 heavy (non-hydrogen) atoms. The predicted molar refractivity (Wildman–Crippen MR) is 64.0 cm³/mol. The Morgan fingerprint density at radius 1 is 1.60 bits per heavy atom. The summed E-state index contributed by atoms with van der Waals surface area (Å²) in [5.41, 5.74) is 1.14. The molecular formula is C12H21N3. The quantitative estimate of drug-likeness (QED) is 0.725. The van der Waals surface area contributed by atoms with Crippen LogP contribution in [0.25, 0.3) is 0 Å². The summed E-state index contributed by atoms with van der Waals surface area (Å²) in [6.45, 7) is 8.03. The first-order chi connectivity index (χ1) is 7.17. The Kier molecular flexibility index (Phi) is 4.56. The summed E-state index contributed by atoms with van der Waals surface area (Å²) in [6, 6.07) is 2.97. The minimum atomic E-state index is 0.436. The van der Waals surface area contributed by atoms with Crippen LogP contribution in [0.15, 0.2) is 24.9 Å². The molecule has 1 atom stereocenters. The van der Waals surface area contributed by atoms with Gasteiger partial charge in [0, 0.05) is 24.7 Å². The number of rotatable bonds is 6. The Morgan fingerprint density at radius 3 is 2.80 bits per heavy atom. The van der Waals surface area contributed by atoms with Crippen molar-refractivity contribution < 1.29 is 0 Å². The Morgan fingerprint density at radius 2 is 2.33 bits per heavy atom. The molecular weight excluding hydrogens is 186 g/mol. The van der Waals surface area contributed by atoms with Crippen molar-refractivity contribution in [1.82, 2.24) is 15.1 Å². The first-order valence-electron chi connectivity index (χ1n) is 5.49. The van der Waals surface area contributed by atoms with Crippen molar-refractivity contribution in [2.45, 2.75) is 38.8 Å². The van der Waals surface area contributed by atoms with E-state index in [1.165, 1.54) is 0 Å². The van der Waals surface area contributed by atoms with E-state index >= 15 is 0 Å². The molecule has 0 saturated heterocycles. The standard InChI is InChI=1S/C12H21N3/c1-5-6-11(13-4)9-12-7-8-15(14-12)10(2)3/h5,7-8,10-11,13H,1,6,9H2,2-4H3. The number of hydrogen-bond donors (Lipinski definition) is 1. The highest BCUT2D eigenvalue weighted by Gasteiger charge is 2.08. The second-order valence-corrected chi connectivity index (χ2v) is 4.09. The fourth-order valence-electron chi connectivity index (χ4n) is 1.53. The lowest BCUT2D eigenvalue weighted by molar-refractivity contribution is 0.510. The van der Waals surface area contributed by atoms with Gasteiger partial charge in [0.2, 0.25) is 0 Å². The minimum Gasteiger partial charge on any atom is -0.316 e. The molecule has 1 N–H and O–H groups in total. The van der Waals surface area contributed by atoms with Crippen LogP contribution in [0, 0.1) is 0 Å². The van der Waals surface area contributed by atoms with E-state index in [9.17, 15) is 0 Å². The van der Waals surface area contributed by atoms with Gasteiger partial charge in [-0.2, -0.15) is 5.10 Å². The molecule has 0 amide bonds. The third-order valence-corrected chi connectivity index (χ3v) is 2.51. The van der Waals surface area contributed by atoms with Gasteiger partial charge in [-0.3, -0.25) is 4.68 Å². The van der Waals surface area contributed by atoms with Crippen molar-refractivity contribution >= 4 is 0 Å². The van der Waals surface area contributed by atoms with Gasteiger partial charge in [0.25, 0.3) is 0 Å². The molecule has 3 nitrogen and oxygen atoms in total. The zero-order valence-corrected chi connectivity index (χ0v) is 9.90. The van der Waals surface area contributed by atoms with Gasteiger partial charge in [-0.15, -0.1) is 6.58 Å². The third kappa shape index (κ3) is 3.51. The van der Waals surface area contributed by atoms with Gasteiger partial charge in [0.1, 0.15) is 0 Å². The van der Waals surface area contributed by atoms with E-state index < -0.39 is 0 Å². The van der Waals surface area contributed by atoms with Crippen LogP contribution in [0.4, 0.5) is 0 Å². The van der Waals surface area contributed by atoms with Crippen LogP contribution in [-0.2, 0) is 6.42 Å². The van der Waals surface area contributed by atoms with Crippen LogP contribution in [0.5, 0.6) is 0 Å². The Hall–Kier alpha value is -1.09. The monoisotopic (exact) mass is 207 g/mol. The van der Waals surface area contributed by atoms with Crippen molar-refractivity contribution in [2.75, 3.05) is 7.05 Å². The normalized spacial score (nSPS) is 13.1. The highest BCUT2D eigenvalue weighted by Crippen LogP contribution is 2.07. The van der Waals surface area contributed by atoms with Crippen LogP contribution >= 0.6 is 0 Å². The molecule has 1 aromatic rings. The van der Waals surface area contributed by atoms with Crippen LogP contribution in [0.3, 0.4) is 0 Å². The molecule has 0 radical (unpaired) electrons. The molecule has 0 aromatic carbocycles. The molecule has 3 heteroatoms. The largest absolute Gasteiger partial charge is 0.316 e. The van der Waals surface area contributed by atoms with Gasteiger partial charge in [-0.25, -0.2) is 0 Å². The van der Waals surface area contributed by atoms with E-state index in [1.54, 1.807) is 0 Å². The molecule has 0 aliphatic rings. The van der Waals surface area contributed by atoms with Gasteiger partial charge < -0.3 is 5.32 Å². The number of nitrogens with one attached hydrogen (secondary N) is 1. The Labute approximate surface area is 92.2 Å². The second-order valence-electron chi connectivity index (χ2n) is 4.09. The fourth-order valence-corrected chi connectivity index (χ4v) is 1.53. The lowest BCUT2D eigenvalue weighted by Crippen LogP contribution is -2.27. The maximum Gasteiger partial charge on any atom is 0.0640 e. The summed E-state index contributed by atoms with van der Waals surface area (Å²) < 4.78 is 2.00. The summed E-state index contributed by atoms with van der Waals surface area (Å²) in [7, 11) is 1.98. The highest BCUT2D eigenvalue weighted by atomic mass is 15.3. The number of hydrogen-bond acceptors (Lipinski definition) is 2. The van der Waals surface area contributed by atoms with Crippen LogP contribution in [0.2, 0.25) is 0 Å². The van der Waals surface area contributed by atoms with Gasteiger partial charge in [-0.1, -0.05) is 6.08 Å². The zero-order chi connectivity index (χ0) is 11.3. The minimum absolute atomic E-state index is 0.436. The van der Waals surface area contributed by atoms with E-state index in [1.807, 2.05) is 24.0 Å². The van der Waals surface area contributed by atoms with Gasteiger partial charge in [0.05, 0.1) is 5.69 Å². The third-order valence-electron chi connectivity index (χ3n) is 2.51. The van der Waals surface area contributed by atoms with Crippen molar-refractivity contribution in [3.05, 3.63) is 30.6 Å². The van der Waals surface area contributed by atoms with E-state index in [2.05, 4.69) is 36.9 Å². The summed E-state index contributed by atoms with van der Waals surface area (Å²) in [6.07, 6.45) is 5.93. The smallest absolute Gasteiger partial charge is 0.0640 e. The summed E-state index contributed by atoms with van der Waals surface area (Å²) in [4.78, 5) is 0. The number of likely N-dealkylation sites (N-methyl/N-ethyl adjacent to an activating group) is 1. The van der Waals surface area contributed by atoms with Crippen LogP contribution < -0.4 is 5.32 Å². The molecule has 0 saturated carbocycles. The topological polar surface area (TPSA) is 29.9 Å². The van der Waals surface area contributed by atoms with E-state index in [0.29, 0.717) is 12.1 Å². The maximum absolute atomic E-state index is 4.52. The zero-order valence-electron chi connectivity index (χ0n) is 9.90. The lowest BCUT2D eigenvalue weighted by atomic mass is 10.1. The number of nitrogens with zero attached hydrogens (tertiary/aromatic N) is 2. The summed E-state index contributed by atoms with van der Waals surface area (Å²) >= 11 is 0. The van der Waals surface area contributed by atoms with Gasteiger partial charge in [0.15, 0.2) is 0 Å². The van der Waals surface area contributed by atoms with Gasteiger partial charge >= 0.3 is 0 Å². The van der Waals surface area contributed by atoms with Crippen LogP contribution in [0.1, 0.15) is 32.0 Å². The van der Waals surface area contributed by atoms with Gasteiger partial charge in [-0.05, 0) is 33.4 Å². The molecule has 1 unspecified atom stereocenters. The lowest BCUT2D eigenvalue weighted by Gasteiger charge is -2.12. The molecule has 1 aromatic heterocycles. The summed E-state index contributed by atoms with van der Waals surface area (Å²) in [5, 5.41) is 7.79. The Bertz CT molecular complexity index is 302. The first kappa shape index (κ1) is 12.0. The van der Waals surface area contributed by atoms with Crippen molar-refractivity contribution in [3.63, 3.8) is 0 Å². The fraction of sp³-hybridized carbons (Fsp3) is 0.583. The van der Waals surface area contributed by atoms with Crippen LogP contribution in [-0.4, -0.2) is 22.9 Å². The Balaban J connectivity index is 2.58. The average molecular weight is 207 g/mol. The van der Waals surface area contributed by atoms with E-state index in [4.69, 9.17) is 0 Å². The molecule has 0 fully saturated rings. The molecule has 0 aliphatic carbocycles.